The smallest absolute Gasteiger partial charge is 0.270 e. The maximum absolute atomic E-state index is 13.4. The minimum Gasteiger partial charge on any atom is -0.493 e. The zero-order chi connectivity index (χ0) is 25.8. The van der Waals surface area contributed by atoms with Crippen LogP contribution in [0.3, 0.4) is 0 Å². The maximum atomic E-state index is 13.4. The number of nitriles is 1. The summed E-state index contributed by atoms with van der Waals surface area (Å²) >= 11 is 8.62. The summed E-state index contributed by atoms with van der Waals surface area (Å²) in [6.45, 7) is 0.137. The van der Waals surface area contributed by atoms with Crippen molar-refractivity contribution in [1.82, 2.24) is 5.32 Å². The van der Waals surface area contributed by atoms with Gasteiger partial charge in [0.1, 0.15) is 18.0 Å². The van der Waals surface area contributed by atoms with E-state index < -0.39 is 17.6 Å². The summed E-state index contributed by atoms with van der Waals surface area (Å²) in [6, 6.07) is 17.6. The monoisotopic (exact) mass is 565 g/mol. The van der Waals surface area contributed by atoms with E-state index in [2.05, 4.69) is 27.3 Å². The number of thiocarbonyl (C=S) groups is 1. The largest absolute Gasteiger partial charge is 0.493 e. The molecule has 0 radical (unpaired) electrons. The molecule has 0 atom stereocenters. The summed E-state index contributed by atoms with van der Waals surface area (Å²) in [5.41, 5.74) is 1.83. The standard InChI is InChI=1S/C26H17BrFN3O4S/c1-34-22-11-17(21(27)12-23(22)35-14-16-5-3-2-4-15(16)13-29)10-20-24(32)30-26(36)31(25(20)33)19-8-6-18(28)7-9-19/h2-12H,14H2,1H3,(H,30,32,36)/b20-10-. The SMILES string of the molecule is COc1cc(/C=C2/C(=O)NC(=S)N(c3ccc(F)cc3)C2=O)c(Br)cc1OCc1ccccc1C#N. The Morgan fingerprint density at radius 1 is 1.14 bits per heavy atom. The Labute approximate surface area is 219 Å². The first kappa shape index (κ1) is 25.0. The number of nitrogens with one attached hydrogen (secondary N) is 1. The topological polar surface area (TPSA) is 91.7 Å². The van der Waals surface area contributed by atoms with Gasteiger partial charge < -0.3 is 9.47 Å². The molecule has 0 bridgehead atoms. The van der Waals surface area contributed by atoms with E-state index in [-0.39, 0.29) is 17.3 Å². The number of hydrogen-bond acceptors (Lipinski definition) is 6. The average Bonchev–Trinajstić information content (AvgIpc) is 2.87. The number of methoxy groups -OCH3 is 1. The Bertz CT molecular complexity index is 1450. The van der Waals surface area contributed by atoms with Crippen LogP contribution in [0.4, 0.5) is 10.1 Å². The van der Waals surface area contributed by atoms with Crippen molar-refractivity contribution in [3.63, 3.8) is 0 Å². The van der Waals surface area contributed by atoms with Gasteiger partial charge in [-0.25, -0.2) is 4.39 Å². The van der Waals surface area contributed by atoms with Crippen molar-refractivity contribution in [1.29, 1.82) is 5.26 Å². The van der Waals surface area contributed by atoms with Crippen molar-refractivity contribution in [3.8, 4) is 17.6 Å². The Morgan fingerprint density at radius 2 is 1.86 bits per heavy atom. The van der Waals surface area contributed by atoms with Crippen LogP contribution in [0.5, 0.6) is 11.5 Å². The third-order valence-corrected chi connectivity index (χ3v) is 6.26. The summed E-state index contributed by atoms with van der Waals surface area (Å²) in [5.74, 6) is -1.04. The van der Waals surface area contributed by atoms with E-state index in [1.54, 1.807) is 30.3 Å². The van der Waals surface area contributed by atoms with Gasteiger partial charge in [0.25, 0.3) is 11.8 Å². The molecule has 3 aromatic carbocycles. The number of halogens is 2. The Kier molecular flexibility index (Phi) is 7.43. The quantitative estimate of drug-likeness (QED) is 0.260. The van der Waals surface area contributed by atoms with Gasteiger partial charge in [-0.05, 0) is 66.3 Å². The third kappa shape index (κ3) is 5.12. The molecular formula is C26H17BrFN3O4S. The number of hydrogen-bond donors (Lipinski definition) is 1. The normalized spacial score (nSPS) is 14.4. The number of ether oxygens (including phenoxy) is 2. The highest BCUT2D eigenvalue weighted by molar-refractivity contribution is 9.10. The molecule has 10 heteroatoms. The molecule has 1 aliphatic rings. The van der Waals surface area contributed by atoms with Crippen LogP contribution in [0.2, 0.25) is 0 Å². The van der Waals surface area contributed by atoms with Crippen LogP contribution in [0.1, 0.15) is 16.7 Å². The van der Waals surface area contributed by atoms with Gasteiger partial charge in [-0.1, -0.05) is 34.1 Å². The first-order valence-electron chi connectivity index (χ1n) is 10.5. The Balaban J connectivity index is 1.65. The van der Waals surface area contributed by atoms with Crippen LogP contribution in [-0.2, 0) is 16.2 Å². The molecule has 0 spiro atoms. The fraction of sp³-hybridized carbons (Fsp3) is 0.0769. The highest BCUT2D eigenvalue weighted by Crippen LogP contribution is 2.36. The fourth-order valence-corrected chi connectivity index (χ4v) is 4.20. The van der Waals surface area contributed by atoms with Crippen molar-refractivity contribution < 1.29 is 23.5 Å². The van der Waals surface area contributed by atoms with Crippen LogP contribution in [-0.4, -0.2) is 24.0 Å². The molecule has 0 aliphatic carbocycles. The lowest BCUT2D eigenvalue weighted by Gasteiger charge is -2.29. The summed E-state index contributed by atoms with van der Waals surface area (Å²) < 4.78 is 25.2. The van der Waals surface area contributed by atoms with E-state index in [0.29, 0.717) is 38.3 Å². The van der Waals surface area contributed by atoms with Crippen molar-refractivity contribution >= 4 is 56.8 Å². The lowest BCUT2D eigenvalue weighted by atomic mass is 10.1. The molecule has 36 heavy (non-hydrogen) atoms. The first-order valence-corrected chi connectivity index (χ1v) is 11.7. The van der Waals surface area contributed by atoms with E-state index in [1.165, 1.54) is 37.5 Å². The van der Waals surface area contributed by atoms with Crippen molar-refractivity contribution in [2.75, 3.05) is 12.0 Å². The molecule has 1 aliphatic heterocycles. The summed E-state index contributed by atoms with van der Waals surface area (Å²) in [7, 11) is 1.46. The van der Waals surface area contributed by atoms with Gasteiger partial charge in [0, 0.05) is 10.0 Å². The number of anilines is 1. The predicted molar refractivity (Wildman–Crippen MR) is 139 cm³/mol. The van der Waals surface area contributed by atoms with Crippen molar-refractivity contribution in [2.45, 2.75) is 6.61 Å². The third-order valence-electron chi connectivity index (χ3n) is 5.29. The molecule has 3 aromatic rings. The molecule has 0 unspecified atom stereocenters. The van der Waals surface area contributed by atoms with Gasteiger partial charge in [0.15, 0.2) is 16.6 Å². The Morgan fingerprint density at radius 3 is 2.56 bits per heavy atom. The van der Waals surface area contributed by atoms with Crippen LogP contribution in [0.15, 0.2) is 70.7 Å². The maximum Gasteiger partial charge on any atom is 0.270 e. The van der Waals surface area contributed by atoms with Crippen LogP contribution >= 0.6 is 28.1 Å². The van der Waals surface area contributed by atoms with Gasteiger partial charge in [-0.2, -0.15) is 5.26 Å². The molecule has 4 rings (SSSR count). The van der Waals surface area contributed by atoms with Crippen molar-refractivity contribution in [2.24, 2.45) is 0 Å². The molecule has 0 saturated carbocycles. The number of benzene rings is 3. The minimum atomic E-state index is -0.664. The zero-order valence-electron chi connectivity index (χ0n) is 18.7. The fourth-order valence-electron chi connectivity index (χ4n) is 3.48. The lowest BCUT2D eigenvalue weighted by molar-refractivity contribution is -0.122. The molecule has 1 N–H and O–H groups in total. The molecule has 0 aromatic heterocycles. The number of amides is 2. The molecule has 1 fully saturated rings. The molecule has 1 heterocycles. The van der Waals surface area contributed by atoms with E-state index in [9.17, 15) is 19.2 Å². The molecule has 1 saturated heterocycles. The van der Waals surface area contributed by atoms with Crippen LogP contribution < -0.4 is 19.7 Å². The second-order valence-electron chi connectivity index (χ2n) is 7.52. The summed E-state index contributed by atoms with van der Waals surface area (Å²) in [5, 5.41) is 11.7. The average molecular weight is 566 g/mol. The molecule has 180 valence electrons. The molecule has 2 amide bonds. The predicted octanol–water partition coefficient (Wildman–Crippen LogP) is 4.88. The van der Waals surface area contributed by atoms with Gasteiger partial charge in [0.2, 0.25) is 0 Å². The number of carbonyl (C=O) groups is 2. The highest BCUT2D eigenvalue weighted by atomic mass is 79.9. The zero-order valence-corrected chi connectivity index (χ0v) is 21.2. The molecule has 7 nitrogen and oxygen atoms in total. The van der Waals surface area contributed by atoms with E-state index in [0.717, 1.165) is 4.90 Å². The number of nitrogens with zero attached hydrogens (tertiary/aromatic N) is 2. The van der Waals surface area contributed by atoms with Gasteiger partial charge in [-0.3, -0.25) is 19.8 Å². The molecular weight excluding hydrogens is 549 g/mol. The summed E-state index contributed by atoms with van der Waals surface area (Å²) in [6.07, 6.45) is 1.40. The van der Waals surface area contributed by atoms with Gasteiger partial charge in [0.05, 0.1) is 24.4 Å². The van der Waals surface area contributed by atoms with Crippen molar-refractivity contribution in [3.05, 3.63) is 93.2 Å². The van der Waals surface area contributed by atoms with Gasteiger partial charge >= 0.3 is 0 Å². The Hall–Kier alpha value is -4.07. The van der Waals surface area contributed by atoms with Crippen LogP contribution in [0, 0.1) is 17.1 Å². The lowest BCUT2D eigenvalue weighted by Crippen LogP contribution is -2.54. The number of carbonyl (C=O) groups excluding carboxylic acids is 2. The number of rotatable bonds is 6. The van der Waals surface area contributed by atoms with E-state index >= 15 is 0 Å². The second kappa shape index (κ2) is 10.7. The highest BCUT2D eigenvalue weighted by Gasteiger charge is 2.34. The minimum absolute atomic E-state index is 0.105. The van der Waals surface area contributed by atoms with Gasteiger partial charge in [-0.15, -0.1) is 0 Å². The van der Waals surface area contributed by atoms with Crippen LogP contribution in [0.25, 0.3) is 6.08 Å². The second-order valence-corrected chi connectivity index (χ2v) is 8.76. The first-order chi connectivity index (χ1) is 17.3. The van der Waals surface area contributed by atoms with E-state index in [4.69, 9.17) is 21.7 Å². The summed E-state index contributed by atoms with van der Waals surface area (Å²) in [4.78, 5) is 27.0. The van der Waals surface area contributed by atoms with E-state index in [1.807, 2.05) is 6.07 Å².